The number of amides is 1. The van der Waals surface area contributed by atoms with Crippen LogP contribution >= 0.6 is 15.9 Å². The molecule has 0 aliphatic carbocycles. The molecule has 5 nitrogen and oxygen atoms in total. The van der Waals surface area contributed by atoms with E-state index in [2.05, 4.69) is 45.2 Å². The minimum absolute atomic E-state index is 0.0318. The van der Waals surface area contributed by atoms with E-state index in [0.29, 0.717) is 11.8 Å². The number of rotatable bonds is 5. The van der Waals surface area contributed by atoms with Gasteiger partial charge in [-0.3, -0.25) is 4.79 Å². The van der Waals surface area contributed by atoms with Crippen molar-refractivity contribution in [3.05, 3.63) is 28.2 Å². The number of nitrogens with zero attached hydrogens (tertiary/aromatic N) is 2. The Morgan fingerprint density at radius 3 is 2.70 bits per heavy atom. The summed E-state index contributed by atoms with van der Waals surface area (Å²) in [6.07, 6.45) is 1.82. The number of likely N-dealkylation sites (tertiary alicyclic amines) is 1. The molecule has 0 saturated carbocycles. The first-order chi connectivity index (χ1) is 11.0. The highest BCUT2D eigenvalue weighted by Gasteiger charge is 2.17. The fourth-order valence-corrected chi connectivity index (χ4v) is 2.69. The summed E-state index contributed by atoms with van der Waals surface area (Å²) in [7, 11) is 0. The lowest BCUT2D eigenvalue weighted by molar-refractivity contribution is -0.123. The van der Waals surface area contributed by atoms with Gasteiger partial charge in [0, 0.05) is 42.2 Å². The summed E-state index contributed by atoms with van der Waals surface area (Å²) >= 11 is 3.44. The zero-order valence-electron chi connectivity index (χ0n) is 13.9. The van der Waals surface area contributed by atoms with Gasteiger partial charge >= 0.3 is 0 Å². The molecule has 1 saturated heterocycles. The number of carbonyl (C=O) groups excluding carboxylic acids is 1. The predicted octanol–water partition coefficient (Wildman–Crippen LogP) is 3.11. The van der Waals surface area contributed by atoms with Crippen LogP contribution in [0.15, 0.2) is 27.8 Å². The molecule has 6 heteroatoms. The van der Waals surface area contributed by atoms with Crippen LogP contribution in [0.2, 0.25) is 0 Å². The van der Waals surface area contributed by atoms with Crippen molar-refractivity contribution < 1.29 is 9.53 Å². The molecule has 0 radical (unpaired) electrons. The lowest BCUT2D eigenvalue weighted by Gasteiger charge is -2.30. The number of benzene rings is 1. The van der Waals surface area contributed by atoms with Gasteiger partial charge in [-0.1, -0.05) is 15.9 Å². The summed E-state index contributed by atoms with van der Waals surface area (Å²) in [5.41, 5.74) is 4.71. The molecule has 1 N–H and O–H groups in total. The first-order valence-electron chi connectivity index (χ1n) is 7.93. The second-order valence-corrected chi connectivity index (χ2v) is 6.90. The molecule has 23 heavy (non-hydrogen) atoms. The monoisotopic (exact) mass is 381 g/mol. The second kappa shape index (κ2) is 8.45. The maximum Gasteiger partial charge on any atom is 0.277 e. The average Bonchev–Trinajstić information content (AvgIpc) is 2.54. The number of aryl methyl sites for hydroxylation is 1. The summed E-state index contributed by atoms with van der Waals surface area (Å²) in [5, 5.41) is 4.22. The molecule has 0 atom stereocenters. The SMILES string of the molecule is Cc1cc(OCC(=O)NN=C2CCN(C(C)C)CC2)ccc1Br. The van der Waals surface area contributed by atoms with Gasteiger partial charge < -0.3 is 9.64 Å². The van der Waals surface area contributed by atoms with Crippen molar-refractivity contribution in [3.63, 3.8) is 0 Å². The topological polar surface area (TPSA) is 53.9 Å². The van der Waals surface area contributed by atoms with Gasteiger partial charge in [-0.25, -0.2) is 5.43 Å². The lowest BCUT2D eigenvalue weighted by Crippen LogP contribution is -2.39. The largest absolute Gasteiger partial charge is 0.484 e. The fourth-order valence-electron chi connectivity index (χ4n) is 2.44. The fraction of sp³-hybridized carbons (Fsp3) is 0.529. The first kappa shape index (κ1) is 17.9. The second-order valence-electron chi connectivity index (χ2n) is 6.04. The molecular formula is C17H24BrN3O2. The van der Waals surface area contributed by atoms with E-state index in [0.717, 1.165) is 41.7 Å². The van der Waals surface area contributed by atoms with Crippen LogP contribution in [0.3, 0.4) is 0 Å². The zero-order valence-corrected chi connectivity index (χ0v) is 15.5. The number of hydrogen-bond donors (Lipinski definition) is 1. The molecule has 1 aliphatic heterocycles. The van der Waals surface area contributed by atoms with Crippen LogP contribution in [0, 0.1) is 6.92 Å². The van der Waals surface area contributed by atoms with E-state index in [1.165, 1.54) is 0 Å². The number of carbonyl (C=O) groups is 1. The highest BCUT2D eigenvalue weighted by molar-refractivity contribution is 9.10. The van der Waals surface area contributed by atoms with E-state index in [4.69, 9.17) is 4.74 Å². The molecule has 126 valence electrons. The van der Waals surface area contributed by atoms with Crippen LogP contribution in [-0.2, 0) is 4.79 Å². The standard InChI is InChI=1S/C17H24BrN3O2/c1-12(2)21-8-6-14(7-9-21)19-20-17(22)11-23-15-4-5-16(18)13(3)10-15/h4-5,10,12H,6-9,11H2,1-3H3,(H,20,22). The van der Waals surface area contributed by atoms with Crippen LogP contribution in [-0.4, -0.2) is 42.3 Å². The molecule has 2 rings (SSSR count). The maximum absolute atomic E-state index is 11.8. The molecule has 1 heterocycles. The van der Waals surface area contributed by atoms with E-state index in [1.807, 2.05) is 25.1 Å². The van der Waals surface area contributed by atoms with Crippen molar-refractivity contribution >= 4 is 27.5 Å². The van der Waals surface area contributed by atoms with Gasteiger partial charge in [0.05, 0.1) is 0 Å². The van der Waals surface area contributed by atoms with Gasteiger partial charge in [-0.05, 0) is 44.5 Å². The Kier molecular flexibility index (Phi) is 6.59. The van der Waals surface area contributed by atoms with Gasteiger partial charge in [0.2, 0.25) is 0 Å². The smallest absolute Gasteiger partial charge is 0.277 e. The molecule has 0 spiro atoms. The summed E-state index contributed by atoms with van der Waals surface area (Å²) in [6, 6.07) is 6.20. The highest BCUT2D eigenvalue weighted by Crippen LogP contribution is 2.21. The summed E-state index contributed by atoms with van der Waals surface area (Å²) in [5.74, 6) is 0.447. The Hall–Kier alpha value is -1.40. The Morgan fingerprint density at radius 1 is 1.39 bits per heavy atom. The molecule has 0 aromatic heterocycles. The van der Waals surface area contributed by atoms with Crippen molar-refractivity contribution in [2.75, 3.05) is 19.7 Å². The van der Waals surface area contributed by atoms with Crippen LogP contribution in [0.4, 0.5) is 0 Å². The van der Waals surface area contributed by atoms with Gasteiger partial charge in [0.1, 0.15) is 5.75 Å². The van der Waals surface area contributed by atoms with Gasteiger partial charge in [-0.15, -0.1) is 0 Å². The molecule has 1 amide bonds. The quantitative estimate of drug-likeness (QED) is 0.797. The maximum atomic E-state index is 11.8. The van der Waals surface area contributed by atoms with Crippen LogP contribution in [0.5, 0.6) is 5.75 Å². The van der Waals surface area contributed by atoms with Crippen molar-refractivity contribution in [1.29, 1.82) is 0 Å². The third kappa shape index (κ3) is 5.62. The minimum Gasteiger partial charge on any atom is -0.484 e. The Balaban J connectivity index is 1.75. The number of piperidine rings is 1. The molecular weight excluding hydrogens is 358 g/mol. The van der Waals surface area contributed by atoms with Crippen molar-refractivity contribution in [2.24, 2.45) is 5.10 Å². The average molecular weight is 382 g/mol. The molecule has 1 fully saturated rings. The Labute approximate surface area is 146 Å². The molecule has 1 aliphatic rings. The van der Waals surface area contributed by atoms with E-state index in [1.54, 1.807) is 0 Å². The van der Waals surface area contributed by atoms with E-state index in [9.17, 15) is 4.79 Å². The van der Waals surface area contributed by atoms with Gasteiger partial charge in [0.25, 0.3) is 5.91 Å². The lowest BCUT2D eigenvalue weighted by atomic mass is 10.1. The predicted molar refractivity (Wildman–Crippen MR) is 95.9 cm³/mol. The van der Waals surface area contributed by atoms with Crippen LogP contribution in [0.25, 0.3) is 0 Å². The first-order valence-corrected chi connectivity index (χ1v) is 8.72. The number of hydrogen-bond acceptors (Lipinski definition) is 4. The number of ether oxygens (including phenoxy) is 1. The zero-order chi connectivity index (χ0) is 16.8. The molecule has 0 unspecified atom stereocenters. The third-order valence-corrected chi connectivity index (χ3v) is 4.83. The number of nitrogens with one attached hydrogen (secondary N) is 1. The molecule has 1 aromatic rings. The van der Waals surface area contributed by atoms with Crippen molar-refractivity contribution in [3.8, 4) is 5.75 Å². The Bertz CT molecular complexity index is 577. The van der Waals surface area contributed by atoms with Gasteiger partial charge in [-0.2, -0.15) is 5.10 Å². The van der Waals surface area contributed by atoms with E-state index in [-0.39, 0.29) is 12.5 Å². The number of hydrazone groups is 1. The Morgan fingerprint density at radius 2 is 2.09 bits per heavy atom. The van der Waals surface area contributed by atoms with Crippen molar-refractivity contribution in [2.45, 2.75) is 39.7 Å². The van der Waals surface area contributed by atoms with Crippen LogP contribution in [0.1, 0.15) is 32.3 Å². The summed E-state index contributed by atoms with van der Waals surface area (Å²) in [4.78, 5) is 14.2. The normalized spacial score (nSPS) is 15.6. The minimum atomic E-state index is -0.232. The summed E-state index contributed by atoms with van der Waals surface area (Å²) < 4.78 is 6.50. The van der Waals surface area contributed by atoms with Crippen LogP contribution < -0.4 is 10.2 Å². The molecule has 1 aromatic carbocycles. The summed E-state index contributed by atoms with van der Waals surface area (Å²) in [6.45, 7) is 8.35. The van der Waals surface area contributed by atoms with Gasteiger partial charge in [0.15, 0.2) is 6.61 Å². The van der Waals surface area contributed by atoms with E-state index >= 15 is 0 Å². The van der Waals surface area contributed by atoms with Crippen molar-refractivity contribution in [1.82, 2.24) is 10.3 Å². The number of halogens is 1. The van der Waals surface area contributed by atoms with E-state index < -0.39 is 0 Å². The molecule has 0 bridgehead atoms. The highest BCUT2D eigenvalue weighted by atomic mass is 79.9. The third-order valence-electron chi connectivity index (χ3n) is 3.94.